The van der Waals surface area contributed by atoms with E-state index in [1.165, 1.54) is 12.4 Å². The Labute approximate surface area is 91.8 Å². The zero-order valence-corrected chi connectivity index (χ0v) is 8.91. The molecule has 7 nitrogen and oxygen atoms in total. The maximum absolute atomic E-state index is 11.2. The van der Waals surface area contributed by atoms with E-state index in [9.17, 15) is 14.4 Å². The second kappa shape index (κ2) is 5.91. The molecule has 0 rings (SSSR count). The van der Waals surface area contributed by atoms with Crippen molar-refractivity contribution in [1.29, 1.82) is 0 Å². The van der Waals surface area contributed by atoms with Gasteiger partial charge in [0.2, 0.25) is 5.91 Å². The molecule has 5 amide bonds. The van der Waals surface area contributed by atoms with Gasteiger partial charge >= 0.3 is 12.1 Å². The molecule has 15 heavy (non-hydrogen) atoms. The Kier molecular flexibility index (Phi) is 5.24. The molecule has 0 heterocycles. The lowest BCUT2D eigenvalue weighted by Crippen LogP contribution is -2.48. The Hall–Kier alpha value is -1.70. The summed E-state index contributed by atoms with van der Waals surface area (Å²) in [5.74, 6) is -0.608. The van der Waals surface area contributed by atoms with Crippen LogP contribution in [0.15, 0.2) is 0 Å². The third kappa shape index (κ3) is 4.91. The first kappa shape index (κ1) is 13.3. The molecule has 5 N–H and O–H groups in total. The molecule has 84 valence electrons. The van der Waals surface area contributed by atoms with Crippen LogP contribution in [0.1, 0.15) is 6.42 Å². The number of rotatable bonds is 4. The number of nitrogens with two attached hydrogens (primary N) is 2. The molecule has 1 unspecified atom stereocenters. The maximum Gasteiger partial charge on any atom is 0.325 e. The topological polar surface area (TPSA) is 119 Å². The van der Waals surface area contributed by atoms with Gasteiger partial charge in [0, 0.05) is 12.4 Å². The predicted octanol–water partition coefficient (Wildman–Crippen LogP) is -1.05. The monoisotopic (exact) mass is 232 g/mol. The molecule has 0 aromatic carbocycles. The summed E-state index contributed by atoms with van der Waals surface area (Å²) >= 11 is 4.58. The number of nitrogens with zero attached hydrogens (tertiary/aromatic N) is 1. The zero-order chi connectivity index (χ0) is 12.0. The molecule has 0 saturated heterocycles. The molecule has 0 aromatic heterocycles. The summed E-state index contributed by atoms with van der Waals surface area (Å²) in [5.41, 5.74) is 9.77. The van der Waals surface area contributed by atoms with E-state index in [0.29, 0.717) is 4.90 Å². The number of hydrogen-bond acceptors (Lipinski definition) is 4. The number of urea groups is 2. The normalized spacial score (nSPS) is 11.3. The summed E-state index contributed by atoms with van der Waals surface area (Å²) in [6.07, 6.45) is -0.123. The number of carbonyl (C=O) groups excluding carboxylic acids is 3. The minimum absolute atomic E-state index is 0.123. The molecular formula is C7H12N4O3S. The van der Waals surface area contributed by atoms with Crippen molar-refractivity contribution in [3.05, 3.63) is 0 Å². The summed E-state index contributed by atoms with van der Waals surface area (Å²) in [6, 6.07) is -2.34. The van der Waals surface area contributed by atoms with Crippen molar-refractivity contribution in [2.45, 2.75) is 12.5 Å². The number of primary amides is 2. The van der Waals surface area contributed by atoms with Crippen LogP contribution in [0.2, 0.25) is 0 Å². The van der Waals surface area contributed by atoms with Crippen LogP contribution in [0.5, 0.6) is 0 Å². The van der Waals surface area contributed by atoms with Crippen LogP contribution in [0.25, 0.3) is 0 Å². The van der Waals surface area contributed by atoms with Crippen molar-refractivity contribution in [3.8, 4) is 0 Å². The van der Waals surface area contributed by atoms with Crippen LogP contribution in [0.4, 0.5) is 9.59 Å². The van der Waals surface area contributed by atoms with Crippen LogP contribution in [0, 0.1) is 0 Å². The SMILES string of the molecule is CN(C(N)=O)C(=O)NC(C=S)CC(N)=O. The van der Waals surface area contributed by atoms with Crippen molar-refractivity contribution in [2.75, 3.05) is 7.05 Å². The van der Waals surface area contributed by atoms with Crippen LogP contribution in [-0.2, 0) is 4.79 Å². The number of carbonyl (C=O) groups is 3. The minimum Gasteiger partial charge on any atom is -0.370 e. The molecule has 0 radical (unpaired) electrons. The van der Waals surface area contributed by atoms with E-state index in [4.69, 9.17) is 11.5 Å². The Morgan fingerprint density at radius 2 is 2.00 bits per heavy atom. The molecule has 0 bridgehead atoms. The average molecular weight is 232 g/mol. The van der Waals surface area contributed by atoms with Gasteiger partial charge in [-0.15, -0.1) is 0 Å². The van der Waals surface area contributed by atoms with Gasteiger partial charge in [0.25, 0.3) is 0 Å². The fraction of sp³-hybridized carbons (Fsp3) is 0.429. The zero-order valence-electron chi connectivity index (χ0n) is 8.10. The van der Waals surface area contributed by atoms with Gasteiger partial charge < -0.3 is 16.8 Å². The van der Waals surface area contributed by atoms with Gasteiger partial charge in [-0.05, 0) is 0 Å². The summed E-state index contributed by atoms with van der Waals surface area (Å²) in [7, 11) is 1.20. The van der Waals surface area contributed by atoms with Crippen molar-refractivity contribution in [3.63, 3.8) is 0 Å². The predicted molar refractivity (Wildman–Crippen MR) is 57.1 cm³/mol. The standard InChI is InChI=1S/C7H12N4O3S/c1-11(6(9)13)7(14)10-4(3-15)2-5(8)12/h3-4H,2H2,1H3,(H2,8,12)(H2,9,13)(H,10,14). The van der Waals surface area contributed by atoms with Crippen molar-refractivity contribution >= 4 is 35.6 Å². The van der Waals surface area contributed by atoms with E-state index in [1.54, 1.807) is 0 Å². The molecule has 0 aliphatic rings. The van der Waals surface area contributed by atoms with Crippen LogP contribution in [0.3, 0.4) is 0 Å². The van der Waals surface area contributed by atoms with E-state index >= 15 is 0 Å². The van der Waals surface area contributed by atoms with Crippen LogP contribution < -0.4 is 16.8 Å². The third-order valence-corrected chi connectivity index (χ3v) is 1.86. The summed E-state index contributed by atoms with van der Waals surface area (Å²) < 4.78 is 0. The largest absolute Gasteiger partial charge is 0.370 e. The summed E-state index contributed by atoms with van der Waals surface area (Å²) in [4.78, 5) is 33.0. The van der Waals surface area contributed by atoms with Gasteiger partial charge in [-0.3, -0.25) is 4.79 Å². The maximum atomic E-state index is 11.2. The molecule has 1 atom stereocenters. The fourth-order valence-corrected chi connectivity index (χ4v) is 0.870. The highest BCUT2D eigenvalue weighted by Gasteiger charge is 2.17. The third-order valence-electron chi connectivity index (χ3n) is 1.53. The summed E-state index contributed by atoms with van der Waals surface area (Å²) in [5, 5.41) is 3.48. The Morgan fingerprint density at radius 3 is 2.33 bits per heavy atom. The number of amides is 5. The van der Waals surface area contributed by atoms with E-state index in [1.807, 2.05) is 0 Å². The molecule has 0 spiro atoms. The molecule has 8 heteroatoms. The fourth-order valence-electron chi connectivity index (χ4n) is 0.705. The van der Waals surface area contributed by atoms with E-state index in [2.05, 4.69) is 17.5 Å². The quantitative estimate of drug-likeness (QED) is 0.536. The van der Waals surface area contributed by atoms with E-state index < -0.39 is 24.0 Å². The first-order chi connectivity index (χ1) is 6.88. The highest BCUT2D eigenvalue weighted by atomic mass is 32.1. The molecule has 0 aliphatic heterocycles. The smallest absolute Gasteiger partial charge is 0.325 e. The van der Waals surface area contributed by atoms with Gasteiger partial charge in [0.05, 0.1) is 12.5 Å². The second-order valence-corrected chi connectivity index (χ2v) is 3.03. The van der Waals surface area contributed by atoms with Gasteiger partial charge in [-0.2, -0.15) is 0 Å². The second-order valence-electron chi connectivity index (χ2n) is 2.76. The van der Waals surface area contributed by atoms with Gasteiger partial charge in [-0.25, -0.2) is 14.5 Å². The van der Waals surface area contributed by atoms with Gasteiger partial charge in [-0.1, -0.05) is 12.2 Å². The van der Waals surface area contributed by atoms with Crippen LogP contribution >= 0.6 is 12.2 Å². The van der Waals surface area contributed by atoms with Gasteiger partial charge in [0.15, 0.2) is 0 Å². The number of thiocarbonyl (C=S) groups is 1. The Morgan fingerprint density at radius 1 is 1.47 bits per heavy atom. The minimum atomic E-state index is -0.908. The number of imide groups is 1. The lowest BCUT2D eigenvalue weighted by molar-refractivity contribution is -0.118. The average Bonchev–Trinajstić information content (AvgIpc) is 2.14. The van der Waals surface area contributed by atoms with Crippen LogP contribution in [-0.4, -0.2) is 41.3 Å². The molecule has 0 fully saturated rings. The highest BCUT2D eigenvalue weighted by Crippen LogP contribution is 1.91. The molecule has 0 aliphatic carbocycles. The lowest BCUT2D eigenvalue weighted by Gasteiger charge is -2.17. The number of nitrogens with one attached hydrogen (secondary N) is 1. The van der Waals surface area contributed by atoms with E-state index in [0.717, 1.165) is 0 Å². The first-order valence-electron chi connectivity index (χ1n) is 3.95. The summed E-state index contributed by atoms with van der Waals surface area (Å²) in [6.45, 7) is 0. The lowest BCUT2D eigenvalue weighted by atomic mass is 10.2. The molecule has 0 saturated carbocycles. The van der Waals surface area contributed by atoms with Crippen molar-refractivity contribution in [2.24, 2.45) is 11.5 Å². The first-order valence-corrected chi connectivity index (χ1v) is 4.43. The van der Waals surface area contributed by atoms with E-state index in [-0.39, 0.29) is 6.42 Å². The van der Waals surface area contributed by atoms with Crippen molar-refractivity contribution < 1.29 is 14.4 Å². The molecular weight excluding hydrogens is 220 g/mol. The Balaban J connectivity index is 4.30. The van der Waals surface area contributed by atoms with Crippen molar-refractivity contribution in [1.82, 2.24) is 10.2 Å². The molecule has 0 aromatic rings. The highest BCUT2D eigenvalue weighted by molar-refractivity contribution is 7.79. The Bertz CT molecular complexity index is 294. The number of hydrogen-bond donors (Lipinski definition) is 3. The van der Waals surface area contributed by atoms with Gasteiger partial charge in [0.1, 0.15) is 0 Å².